The summed E-state index contributed by atoms with van der Waals surface area (Å²) in [6, 6.07) is 9.35. The monoisotopic (exact) mass is 312 g/mol. The lowest BCUT2D eigenvalue weighted by Crippen LogP contribution is -2.40. The number of urea groups is 1. The molecule has 0 aromatic carbocycles. The Labute approximate surface area is 137 Å². The number of nitrogens with zero attached hydrogens (tertiary/aromatic N) is 2. The van der Waals surface area contributed by atoms with Crippen LogP contribution in [0.3, 0.4) is 0 Å². The van der Waals surface area contributed by atoms with Gasteiger partial charge in [0.2, 0.25) is 0 Å². The van der Waals surface area contributed by atoms with Crippen LogP contribution in [-0.4, -0.2) is 16.0 Å². The molecule has 0 saturated carbocycles. The molecule has 2 amide bonds. The van der Waals surface area contributed by atoms with Crippen LogP contribution in [0, 0.1) is 0 Å². The van der Waals surface area contributed by atoms with E-state index < -0.39 is 0 Å². The van der Waals surface area contributed by atoms with E-state index in [0.717, 1.165) is 30.5 Å². The van der Waals surface area contributed by atoms with Crippen molar-refractivity contribution in [1.29, 1.82) is 0 Å². The van der Waals surface area contributed by atoms with Gasteiger partial charge in [0.15, 0.2) is 0 Å². The first kappa shape index (κ1) is 16.9. The summed E-state index contributed by atoms with van der Waals surface area (Å²) < 4.78 is 0. The summed E-state index contributed by atoms with van der Waals surface area (Å²) in [5.41, 5.74) is 1.95. The Morgan fingerprint density at radius 2 is 1.78 bits per heavy atom. The van der Waals surface area contributed by atoms with E-state index >= 15 is 0 Å². The fourth-order valence-corrected chi connectivity index (χ4v) is 2.54. The number of pyridine rings is 2. The second-order valence-corrected chi connectivity index (χ2v) is 5.46. The van der Waals surface area contributed by atoms with Crippen molar-refractivity contribution in [3.8, 4) is 0 Å². The number of aromatic nitrogens is 2. The van der Waals surface area contributed by atoms with E-state index in [1.165, 1.54) is 0 Å². The van der Waals surface area contributed by atoms with Crippen LogP contribution in [-0.2, 0) is 0 Å². The molecule has 23 heavy (non-hydrogen) atoms. The highest BCUT2D eigenvalue weighted by Gasteiger charge is 2.17. The summed E-state index contributed by atoms with van der Waals surface area (Å²) in [6.45, 7) is 4.15. The quantitative estimate of drug-likeness (QED) is 0.818. The lowest BCUT2D eigenvalue weighted by Gasteiger charge is -2.22. The molecule has 2 unspecified atom stereocenters. The fourth-order valence-electron chi connectivity index (χ4n) is 2.54. The van der Waals surface area contributed by atoms with Gasteiger partial charge in [-0.15, -0.1) is 0 Å². The van der Waals surface area contributed by atoms with E-state index in [1.54, 1.807) is 18.6 Å². The largest absolute Gasteiger partial charge is 0.331 e. The van der Waals surface area contributed by atoms with Crippen LogP contribution in [0.15, 0.2) is 48.9 Å². The minimum Gasteiger partial charge on any atom is -0.331 e. The van der Waals surface area contributed by atoms with E-state index in [-0.39, 0.29) is 18.1 Å². The zero-order chi connectivity index (χ0) is 16.5. The van der Waals surface area contributed by atoms with Crippen LogP contribution in [0.5, 0.6) is 0 Å². The maximum absolute atomic E-state index is 12.4. The Balaban J connectivity index is 2.01. The predicted molar refractivity (Wildman–Crippen MR) is 90.8 cm³/mol. The third-order valence-electron chi connectivity index (χ3n) is 3.75. The van der Waals surface area contributed by atoms with Crippen molar-refractivity contribution in [2.45, 2.75) is 45.2 Å². The number of nitrogens with one attached hydrogen (secondary N) is 2. The Morgan fingerprint density at radius 3 is 2.39 bits per heavy atom. The normalized spacial score (nSPS) is 13.1. The highest BCUT2D eigenvalue weighted by Crippen LogP contribution is 2.18. The van der Waals surface area contributed by atoms with Gasteiger partial charge in [-0.1, -0.05) is 26.3 Å². The van der Waals surface area contributed by atoms with Crippen LogP contribution in [0.1, 0.15) is 56.5 Å². The Morgan fingerprint density at radius 1 is 1.04 bits per heavy atom. The number of hydrogen-bond donors (Lipinski definition) is 2. The van der Waals surface area contributed by atoms with Crippen LogP contribution in [0.25, 0.3) is 0 Å². The maximum atomic E-state index is 12.4. The first-order valence-corrected chi connectivity index (χ1v) is 8.12. The number of hydrogen-bond acceptors (Lipinski definition) is 3. The summed E-state index contributed by atoms with van der Waals surface area (Å²) in [5.74, 6) is 0. The minimum absolute atomic E-state index is 0.0241. The second-order valence-electron chi connectivity index (χ2n) is 5.46. The molecule has 0 aliphatic heterocycles. The molecule has 0 radical (unpaired) electrons. The van der Waals surface area contributed by atoms with Crippen LogP contribution < -0.4 is 10.6 Å². The third kappa shape index (κ3) is 5.06. The second kappa shape index (κ2) is 8.88. The zero-order valence-corrected chi connectivity index (χ0v) is 13.7. The molecular formula is C18H24N4O. The average molecular weight is 312 g/mol. The Hall–Kier alpha value is -2.43. The van der Waals surface area contributed by atoms with Gasteiger partial charge < -0.3 is 10.6 Å². The SMILES string of the molecule is CCCC(NC(=O)NC(CC)c1ccncc1)c1ccccn1. The Bertz CT molecular complexity index is 588. The molecule has 2 aromatic rings. The highest BCUT2D eigenvalue weighted by atomic mass is 16.2. The van der Waals surface area contributed by atoms with E-state index in [9.17, 15) is 4.79 Å². The van der Waals surface area contributed by atoms with Crippen molar-refractivity contribution in [2.24, 2.45) is 0 Å². The molecule has 122 valence electrons. The predicted octanol–water partition coefficient (Wildman–Crippen LogP) is 3.77. The first-order valence-electron chi connectivity index (χ1n) is 8.12. The lowest BCUT2D eigenvalue weighted by molar-refractivity contribution is 0.231. The first-order chi connectivity index (χ1) is 11.2. The van der Waals surface area contributed by atoms with Gasteiger partial charge in [-0.3, -0.25) is 9.97 Å². The molecule has 0 spiro atoms. The van der Waals surface area contributed by atoms with Crippen molar-refractivity contribution >= 4 is 6.03 Å². The smallest absolute Gasteiger partial charge is 0.315 e. The number of amides is 2. The molecule has 0 aliphatic rings. The maximum Gasteiger partial charge on any atom is 0.315 e. The summed E-state index contributed by atoms with van der Waals surface area (Å²) in [4.78, 5) is 20.8. The molecule has 2 rings (SSSR count). The van der Waals surface area contributed by atoms with Gasteiger partial charge in [-0.2, -0.15) is 0 Å². The van der Waals surface area contributed by atoms with Crippen molar-refractivity contribution in [3.63, 3.8) is 0 Å². The van der Waals surface area contributed by atoms with Crippen molar-refractivity contribution < 1.29 is 4.79 Å². The van der Waals surface area contributed by atoms with Crippen LogP contribution in [0.4, 0.5) is 4.79 Å². The van der Waals surface area contributed by atoms with Crippen LogP contribution >= 0.6 is 0 Å². The van der Waals surface area contributed by atoms with Crippen molar-refractivity contribution in [1.82, 2.24) is 20.6 Å². The van der Waals surface area contributed by atoms with Gasteiger partial charge in [0.1, 0.15) is 0 Å². The summed E-state index contributed by atoms with van der Waals surface area (Å²) in [7, 11) is 0. The topological polar surface area (TPSA) is 66.9 Å². The fraction of sp³-hybridized carbons (Fsp3) is 0.389. The third-order valence-corrected chi connectivity index (χ3v) is 3.75. The molecule has 0 aliphatic carbocycles. The molecule has 2 N–H and O–H groups in total. The standard InChI is InChI=1S/C18H24N4O/c1-3-7-17(16-8-5-6-11-20-16)22-18(23)21-15(4-2)14-9-12-19-13-10-14/h5-6,8-13,15,17H,3-4,7H2,1-2H3,(H2,21,22,23). The molecular weight excluding hydrogens is 288 g/mol. The van der Waals surface area contributed by atoms with E-state index in [2.05, 4.69) is 27.5 Å². The van der Waals surface area contributed by atoms with Crippen LogP contribution in [0.2, 0.25) is 0 Å². The zero-order valence-electron chi connectivity index (χ0n) is 13.7. The van der Waals surface area contributed by atoms with E-state index in [1.807, 2.05) is 37.3 Å². The minimum atomic E-state index is -0.169. The van der Waals surface area contributed by atoms with Gasteiger partial charge in [0, 0.05) is 18.6 Å². The van der Waals surface area contributed by atoms with Crippen molar-refractivity contribution in [3.05, 3.63) is 60.2 Å². The molecule has 5 nitrogen and oxygen atoms in total. The molecule has 5 heteroatoms. The molecule has 2 atom stereocenters. The number of rotatable bonds is 7. The number of carbonyl (C=O) groups excluding carboxylic acids is 1. The molecule has 2 heterocycles. The summed E-state index contributed by atoms with van der Waals surface area (Å²) in [5, 5.41) is 6.08. The van der Waals surface area contributed by atoms with Gasteiger partial charge >= 0.3 is 6.03 Å². The highest BCUT2D eigenvalue weighted by molar-refractivity contribution is 5.75. The lowest BCUT2D eigenvalue weighted by atomic mass is 10.1. The van der Waals surface area contributed by atoms with Crippen molar-refractivity contribution in [2.75, 3.05) is 0 Å². The van der Waals surface area contributed by atoms with E-state index in [0.29, 0.717) is 0 Å². The average Bonchev–Trinajstić information content (AvgIpc) is 2.61. The molecule has 0 saturated heterocycles. The van der Waals surface area contributed by atoms with E-state index in [4.69, 9.17) is 0 Å². The number of carbonyl (C=O) groups is 1. The van der Waals surface area contributed by atoms with Gasteiger partial charge in [-0.25, -0.2) is 4.79 Å². The summed E-state index contributed by atoms with van der Waals surface area (Å²) >= 11 is 0. The van der Waals surface area contributed by atoms with Gasteiger partial charge in [0.25, 0.3) is 0 Å². The molecule has 0 fully saturated rings. The summed E-state index contributed by atoms with van der Waals surface area (Å²) in [6.07, 6.45) is 7.89. The van der Waals surface area contributed by atoms with Gasteiger partial charge in [-0.05, 0) is 42.7 Å². The Kier molecular flexibility index (Phi) is 6.54. The molecule has 0 bridgehead atoms. The van der Waals surface area contributed by atoms with Gasteiger partial charge in [0.05, 0.1) is 17.8 Å². The molecule has 2 aromatic heterocycles.